The molecule has 35 heavy (non-hydrogen) atoms. The zero-order valence-electron chi connectivity index (χ0n) is 19.4. The Morgan fingerprint density at radius 3 is 2.69 bits per heavy atom. The van der Waals surface area contributed by atoms with E-state index in [2.05, 4.69) is 16.4 Å². The van der Waals surface area contributed by atoms with Gasteiger partial charge < -0.3 is 19.7 Å². The largest absolute Gasteiger partial charge is 0.497 e. The summed E-state index contributed by atoms with van der Waals surface area (Å²) in [5.74, 6) is 2.03. The second-order valence-electron chi connectivity index (χ2n) is 8.80. The van der Waals surface area contributed by atoms with Gasteiger partial charge in [-0.3, -0.25) is 0 Å². The molecule has 2 aromatic carbocycles. The topological polar surface area (TPSA) is 98.0 Å². The van der Waals surface area contributed by atoms with Crippen LogP contribution >= 0.6 is 11.3 Å². The Labute approximate surface area is 206 Å². The lowest BCUT2D eigenvalue weighted by molar-refractivity contribution is 0.0770. The fourth-order valence-electron chi connectivity index (χ4n) is 4.72. The molecule has 0 amide bonds. The summed E-state index contributed by atoms with van der Waals surface area (Å²) in [4.78, 5) is 19.2. The lowest BCUT2D eigenvalue weighted by Crippen LogP contribution is -2.27. The number of aromatic nitrogens is 5. The summed E-state index contributed by atoms with van der Waals surface area (Å²) >= 11 is 1.67. The summed E-state index contributed by atoms with van der Waals surface area (Å²) in [7, 11) is 1.65. The number of nitrogens with one attached hydrogen (secondary N) is 1. The van der Waals surface area contributed by atoms with Gasteiger partial charge in [0.25, 0.3) is 0 Å². The van der Waals surface area contributed by atoms with Crippen LogP contribution in [0.15, 0.2) is 54.9 Å². The molecule has 3 heterocycles. The van der Waals surface area contributed by atoms with Crippen LogP contribution in [0.4, 0.5) is 5.82 Å². The number of rotatable bonds is 6. The van der Waals surface area contributed by atoms with Gasteiger partial charge in [-0.25, -0.2) is 19.9 Å². The number of hydrogen-bond donors (Lipinski definition) is 2. The molecule has 1 aliphatic carbocycles. The number of methoxy groups -OCH3 is 1. The quantitative estimate of drug-likeness (QED) is 0.340. The first-order valence-electron chi connectivity index (χ1n) is 11.8. The fourth-order valence-corrected chi connectivity index (χ4v) is 5.63. The second kappa shape index (κ2) is 9.24. The minimum Gasteiger partial charge on any atom is -0.497 e. The molecule has 0 aliphatic heterocycles. The smallest absolute Gasteiger partial charge is 0.166 e. The van der Waals surface area contributed by atoms with Gasteiger partial charge in [0.2, 0.25) is 0 Å². The van der Waals surface area contributed by atoms with Crippen LogP contribution in [0.3, 0.4) is 0 Å². The number of aliphatic hydroxyl groups excluding tert-OH is 1. The maximum Gasteiger partial charge on any atom is 0.166 e. The molecular weight excluding hydrogens is 460 g/mol. The predicted molar refractivity (Wildman–Crippen MR) is 138 cm³/mol. The van der Waals surface area contributed by atoms with E-state index in [0.717, 1.165) is 57.9 Å². The van der Waals surface area contributed by atoms with E-state index in [-0.39, 0.29) is 6.04 Å². The molecule has 178 valence electrons. The number of ether oxygens (including phenoxy) is 1. The van der Waals surface area contributed by atoms with Gasteiger partial charge in [-0.15, -0.1) is 11.3 Å². The lowest BCUT2D eigenvalue weighted by atomic mass is 9.92. The van der Waals surface area contributed by atoms with E-state index in [1.54, 1.807) is 24.8 Å². The molecule has 2 atom stereocenters. The van der Waals surface area contributed by atoms with Crippen LogP contribution < -0.4 is 10.1 Å². The molecule has 6 rings (SSSR count). The van der Waals surface area contributed by atoms with E-state index in [4.69, 9.17) is 19.7 Å². The highest BCUT2D eigenvalue weighted by Gasteiger charge is 2.27. The van der Waals surface area contributed by atoms with Crippen molar-refractivity contribution in [1.82, 2.24) is 24.5 Å². The Morgan fingerprint density at radius 1 is 1.06 bits per heavy atom. The van der Waals surface area contributed by atoms with Crippen LogP contribution in [0.1, 0.15) is 36.7 Å². The molecule has 0 saturated heterocycles. The van der Waals surface area contributed by atoms with Crippen LogP contribution in [0.25, 0.3) is 32.8 Å². The summed E-state index contributed by atoms with van der Waals surface area (Å²) in [6, 6.07) is 15.8. The molecule has 3 aromatic heterocycles. The third-order valence-corrected chi connectivity index (χ3v) is 7.60. The number of thiazole rings is 1. The number of para-hydroxylation sites is 1. The molecule has 0 bridgehead atoms. The van der Waals surface area contributed by atoms with Gasteiger partial charge in [0.1, 0.15) is 16.3 Å². The Morgan fingerprint density at radius 2 is 1.89 bits per heavy atom. The van der Waals surface area contributed by atoms with Gasteiger partial charge >= 0.3 is 0 Å². The molecular formula is C26H26N6O2S. The van der Waals surface area contributed by atoms with Crippen LogP contribution in [-0.2, 0) is 6.54 Å². The van der Waals surface area contributed by atoms with E-state index in [1.807, 2.05) is 47.0 Å². The van der Waals surface area contributed by atoms with Crippen molar-refractivity contribution in [2.45, 2.75) is 44.4 Å². The minimum absolute atomic E-state index is 0.0375. The number of anilines is 1. The van der Waals surface area contributed by atoms with Gasteiger partial charge in [-0.2, -0.15) is 0 Å². The fraction of sp³-hybridized carbons (Fsp3) is 0.308. The SMILES string of the molecule is COc1ccc(-c2nc(NCc3nc4ccccc4s3)c3ncn(C4CCCCC4O)c3n2)cc1. The van der Waals surface area contributed by atoms with E-state index in [0.29, 0.717) is 23.7 Å². The van der Waals surface area contributed by atoms with Gasteiger partial charge in [0.15, 0.2) is 17.3 Å². The van der Waals surface area contributed by atoms with Crippen LogP contribution in [-0.4, -0.2) is 42.8 Å². The monoisotopic (exact) mass is 486 g/mol. The highest BCUT2D eigenvalue weighted by atomic mass is 32.1. The van der Waals surface area contributed by atoms with Crippen molar-refractivity contribution < 1.29 is 9.84 Å². The average Bonchev–Trinajstić information content (AvgIpc) is 3.51. The summed E-state index contributed by atoms with van der Waals surface area (Å²) in [6.07, 6.45) is 5.22. The zero-order chi connectivity index (χ0) is 23.8. The second-order valence-corrected chi connectivity index (χ2v) is 9.91. The standard InChI is InChI=1S/C26H26N6O2S/c1-34-17-12-10-16(11-13-17)24-30-25(27-14-22-29-18-6-2-5-9-21(18)35-22)23-26(31-24)32(15-28-23)19-7-3-4-8-20(19)33/h2,5-6,9-13,15,19-20,33H,3-4,7-8,14H2,1H3,(H,27,30,31). The van der Waals surface area contributed by atoms with Crippen molar-refractivity contribution >= 4 is 38.5 Å². The molecule has 0 spiro atoms. The lowest BCUT2D eigenvalue weighted by Gasteiger charge is -2.28. The van der Waals surface area contributed by atoms with Crippen molar-refractivity contribution in [2.24, 2.45) is 0 Å². The van der Waals surface area contributed by atoms with Gasteiger partial charge in [0.05, 0.1) is 42.3 Å². The van der Waals surface area contributed by atoms with Crippen molar-refractivity contribution in [3.8, 4) is 17.1 Å². The van der Waals surface area contributed by atoms with Gasteiger partial charge in [0, 0.05) is 5.56 Å². The Balaban J connectivity index is 1.41. The minimum atomic E-state index is -0.403. The Kier molecular flexibility index (Phi) is 5.79. The summed E-state index contributed by atoms with van der Waals surface area (Å²) < 4.78 is 8.49. The van der Waals surface area contributed by atoms with Crippen LogP contribution in [0.2, 0.25) is 0 Å². The zero-order valence-corrected chi connectivity index (χ0v) is 20.2. The van der Waals surface area contributed by atoms with Crippen LogP contribution in [0, 0.1) is 0 Å². The number of fused-ring (bicyclic) bond motifs is 2. The number of benzene rings is 2. The molecule has 9 heteroatoms. The van der Waals surface area contributed by atoms with Crippen molar-refractivity contribution in [2.75, 3.05) is 12.4 Å². The summed E-state index contributed by atoms with van der Waals surface area (Å²) in [6.45, 7) is 0.534. The van der Waals surface area contributed by atoms with Gasteiger partial charge in [-0.05, 0) is 49.2 Å². The first kappa shape index (κ1) is 21.9. The predicted octanol–water partition coefficient (Wildman–Crippen LogP) is 5.20. The van der Waals surface area contributed by atoms with E-state index >= 15 is 0 Å². The first-order chi connectivity index (χ1) is 17.2. The van der Waals surface area contributed by atoms with Gasteiger partial charge in [-0.1, -0.05) is 25.0 Å². The first-order valence-corrected chi connectivity index (χ1v) is 12.7. The number of nitrogens with zero attached hydrogens (tertiary/aromatic N) is 5. The Bertz CT molecular complexity index is 1450. The number of imidazole rings is 1. The van der Waals surface area contributed by atoms with Crippen LogP contribution in [0.5, 0.6) is 5.75 Å². The molecule has 8 nitrogen and oxygen atoms in total. The molecule has 1 saturated carbocycles. The number of aliphatic hydroxyl groups is 1. The van der Waals surface area contributed by atoms with E-state index in [1.165, 1.54) is 0 Å². The molecule has 0 radical (unpaired) electrons. The maximum atomic E-state index is 10.7. The molecule has 2 N–H and O–H groups in total. The third-order valence-electron chi connectivity index (χ3n) is 6.57. The normalized spacial score (nSPS) is 18.2. The van der Waals surface area contributed by atoms with Crippen molar-refractivity contribution in [1.29, 1.82) is 0 Å². The maximum absolute atomic E-state index is 10.7. The third kappa shape index (κ3) is 4.21. The summed E-state index contributed by atoms with van der Waals surface area (Å²) in [5.41, 5.74) is 3.30. The number of hydrogen-bond acceptors (Lipinski definition) is 8. The highest BCUT2D eigenvalue weighted by Crippen LogP contribution is 2.33. The van der Waals surface area contributed by atoms with Crippen molar-refractivity contribution in [3.05, 3.63) is 59.9 Å². The molecule has 1 fully saturated rings. The Hall–Kier alpha value is -3.56. The molecule has 2 unspecified atom stereocenters. The highest BCUT2D eigenvalue weighted by molar-refractivity contribution is 7.18. The van der Waals surface area contributed by atoms with E-state index < -0.39 is 6.10 Å². The van der Waals surface area contributed by atoms with E-state index in [9.17, 15) is 5.11 Å². The molecule has 5 aromatic rings. The average molecular weight is 487 g/mol. The van der Waals surface area contributed by atoms with Crippen molar-refractivity contribution in [3.63, 3.8) is 0 Å². The summed E-state index contributed by atoms with van der Waals surface area (Å²) in [5, 5.41) is 15.1. The molecule has 1 aliphatic rings.